The molecule has 1 atom stereocenters. The van der Waals surface area contributed by atoms with Gasteiger partial charge >= 0.3 is 5.69 Å². The number of hydrogen-bond donors (Lipinski definition) is 2. The van der Waals surface area contributed by atoms with Gasteiger partial charge in [0.15, 0.2) is 11.3 Å². The predicted octanol–water partition coefficient (Wildman–Crippen LogP) is 4.86. The van der Waals surface area contributed by atoms with E-state index in [9.17, 15) is 28.0 Å². The number of nitrogens with zero attached hydrogens (tertiary/aromatic N) is 9. The topological polar surface area (TPSA) is 166 Å². The van der Waals surface area contributed by atoms with Crippen LogP contribution in [0.15, 0.2) is 47.7 Å². The summed E-state index contributed by atoms with van der Waals surface area (Å²) in [6, 6.07) is 6.62. The number of alkyl halides is 2. The number of carbonyl (C=O) groups is 3. The number of aryl methyl sites for hydroxylation is 1. The fourth-order valence-electron chi connectivity index (χ4n) is 9.60. The zero-order valence-electron chi connectivity index (χ0n) is 34.8. The Morgan fingerprint density at radius 3 is 2.61 bits per heavy atom. The minimum absolute atomic E-state index is 0.00797. The second-order valence-corrected chi connectivity index (χ2v) is 17.0. The molecule has 1 aromatic carbocycles. The highest BCUT2D eigenvalue weighted by Gasteiger charge is 2.32. The summed E-state index contributed by atoms with van der Waals surface area (Å²) in [6.45, 7) is 5.69. The molecular formula is C44H51F2N11O5. The van der Waals surface area contributed by atoms with E-state index in [2.05, 4.69) is 42.5 Å². The van der Waals surface area contributed by atoms with Crippen molar-refractivity contribution in [1.29, 1.82) is 0 Å². The molecule has 18 heteroatoms. The Labute approximate surface area is 356 Å². The van der Waals surface area contributed by atoms with Gasteiger partial charge in [0.05, 0.1) is 41.1 Å². The molecule has 0 spiro atoms. The molecule has 16 nitrogen and oxygen atoms in total. The number of piperidine rings is 2. The number of para-hydroxylation sites is 1. The number of aromatic nitrogens is 7. The molecule has 62 heavy (non-hydrogen) atoms. The maximum atomic E-state index is 14.3. The third-order valence-electron chi connectivity index (χ3n) is 13.0. The number of carbonyl (C=O) groups excluding carboxylic acids is 3. The third kappa shape index (κ3) is 8.47. The standard InChI is InChI=1S/C44H51F2N11O5/c1-52-39-30(7-3-8-34(39)57(44(52)61)35-13-14-37(58)50-43(35)60)6-2-5-28-15-19-53(20-16-28)26-29-9-11-31(12-10-29)56-27-33(38(51-56)40(45)46)48-42(59)32-25-47-55-21-17-36(49-41(32)55)54-18-4-23-62-24-22-54/h3,7-8,17,21,25,27-29,31,35,40H,4-5,9-16,18-20,22-24,26H2,1H3,(H,48,59)(H,50,58,60)/t29-,31-,35?. The molecule has 0 radical (unpaired) electrons. The quantitative estimate of drug-likeness (QED) is 0.155. The molecule has 4 aromatic heterocycles. The minimum Gasteiger partial charge on any atom is -0.380 e. The van der Waals surface area contributed by atoms with Crippen molar-refractivity contribution in [3.8, 4) is 11.8 Å². The van der Waals surface area contributed by atoms with Gasteiger partial charge in [-0.05, 0) is 94.5 Å². The van der Waals surface area contributed by atoms with Crippen LogP contribution in [0.1, 0.15) is 104 Å². The highest BCUT2D eigenvalue weighted by Crippen LogP contribution is 2.36. The first kappa shape index (κ1) is 41.4. The lowest BCUT2D eigenvalue weighted by molar-refractivity contribution is -0.135. The Bertz CT molecular complexity index is 2600. The van der Waals surface area contributed by atoms with E-state index in [1.807, 2.05) is 24.3 Å². The van der Waals surface area contributed by atoms with Crippen LogP contribution >= 0.6 is 0 Å². The zero-order valence-corrected chi connectivity index (χ0v) is 34.8. The maximum absolute atomic E-state index is 14.3. The molecule has 3 amide bonds. The van der Waals surface area contributed by atoms with E-state index in [-0.39, 0.29) is 41.7 Å². The van der Waals surface area contributed by atoms with E-state index in [0.717, 1.165) is 83.1 Å². The second kappa shape index (κ2) is 17.8. The Balaban J connectivity index is 0.769. The number of halogens is 2. The third-order valence-corrected chi connectivity index (χ3v) is 13.0. The molecule has 3 aliphatic heterocycles. The number of nitrogens with one attached hydrogen (secondary N) is 2. The van der Waals surface area contributed by atoms with E-state index in [1.165, 1.54) is 19.8 Å². The van der Waals surface area contributed by atoms with Crippen molar-refractivity contribution in [1.82, 2.24) is 43.7 Å². The van der Waals surface area contributed by atoms with Crippen LogP contribution in [0.3, 0.4) is 0 Å². The fraction of sp³-hybridized carbons (Fsp3) is 0.523. The van der Waals surface area contributed by atoms with Crippen molar-refractivity contribution < 1.29 is 27.9 Å². The summed E-state index contributed by atoms with van der Waals surface area (Å²) in [4.78, 5) is 60.5. The van der Waals surface area contributed by atoms with Crippen LogP contribution in [0.4, 0.5) is 20.3 Å². The van der Waals surface area contributed by atoms with Crippen molar-refractivity contribution in [3.63, 3.8) is 0 Å². The number of anilines is 2. The first-order valence-corrected chi connectivity index (χ1v) is 21.7. The minimum atomic E-state index is -2.86. The average molecular weight is 852 g/mol. The van der Waals surface area contributed by atoms with Gasteiger partial charge in [-0.15, -0.1) is 0 Å². The number of ether oxygens (including phenoxy) is 1. The van der Waals surface area contributed by atoms with Gasteiger partial charge in [0.2, 0.25) is 11.8 Å². The Morgan fingerprint density at radius 1 is 1.00 bits per heavy atom. The molecule has 4 aliphatic rings. The van der Waals surface area contributed by atoms with Gasteiger partial charge < -0.3 is 19.9 Å². The lowest BCUT2D eigenvalue weighted by Crippen LogP contribution is -2.44. The van der Waals surface area contributed by atoms with Crippen LogP contribution in [0.25, 0.3) is 16.7 Å². The predicted molar refractivity (Wildman–Crippen MR) is 226 cm³/mol. The van der Waals surface area contributed by atoms with E-state index >= 15 is 0 Å². The van der Waals surface area contributed by atoms with Crippen molar-refractivity contribution in [2.24, 2.45) is 18.9 Å². The van der Waals surface area contributed by atoms with Crippen LogP contribution < -0.4 is 21.2 Å². The van der Waals surface area contributed by atoms with Gasteiger partial charge in [-0.3, -0.25) is 33.5 Å². The Morgan fingerprint density at radius 2 is 1.82 bits per heavy atom. The van der Waals surface area contributed by atoms with E-state index in [1.54, 1.807) is 24.1 Å². The number of benzene rings is 1. The van der Waals surface area contributed by atoms with Gasteiger partial charge in [0, 0.05) is 58.5 Å². The molecule has 0 bridgehead atoms. The summed E-state index contributed by atoms with van der Waals surface area (Å²) in [5, 5.41) is 13.6. The van der Waals surface area contributed by atoms with Crippen LogP contribution in [0.5, 0.6) is 0 Å². The fourth-order valence-corrected chi connectivity index (χ4v) is 9.60. The number of imidazole rings is 1. The van der Waals surface area contributed by atoms with E-state index in [0.29, 0.717) is 54.1 Å². The van der Waals surface area contributed by atoms with Crippen molar-refractivity contribution in [3.05, 3.63) is 70.2 Å². The van der Waals surface area contributed by atoms with Crippen LogP contribution in [0.2, 0.25) is 0 Å². The summed E-state index contributed by atoms with van der Waals surface area (Å²) in [5.74, 6) is 6.99. The van der Waals surface area contributed by atoms with Crippen molar-refractivity contribution in [2.75, 3.05) is 56.2 Å². The van der Waals surface area contributed by atoms with Gasteiger partial charge in [0.1, 0.15) is 17.4 Å². The molecule has 4 fully saturated rings. The van der Waals surface area contributed by atoms with Gasteiger partial charge in [-0.2, -0.15) is 10.2 Å². The number of amides is 3. The summed E-state index contributed by atoms with van der Waals surface area (Å²) in [7, 11) is 1.69. The summed E-state index contributed by atoms with van der Waals surface area (Å²) < 4.78 is 40.3. The van der Waals surface area contributed by atoms with Gasteiger partial charge in [-0.1, -0.05) is 17.9 Å². The second-order valence-electron chi connectivity index (χ2n) is 17.0. The molecular weight excluding hydrogens is 801 g/mol. The SMILES string of the molecule is Cn1c(=O)n(C2CCC(=O)NC2=O)c2cccc(C#CCC3CCN(C[C@H]4CC[C@H](n5cc(NC(=O)c6cnn7ccc(N8CCCOCC8)nc67)c(C(F)F)n5)CC4)CC3)c21. The number of fused-ring (bicyclic) bond motifs is 2. The molecule has 1 saturated carbocycles. The molecule has 7 heterocycles. The Hall–Kier alpha value is -5.93. The molecule has 1 aliphatic carbocycles. The molecule has 2 N–H and O–H groups in total. The number of hydrogen-bond acceptors (Lipinski definition) is 10. The average Bonchev–Trinajstić information content (AvgIpc) is 3.88. The zero-order chi connectivity index (χ0) is 42.9. The molecule has 326 valence electrons. The number of likely N-dealkylation sites (tertiary alicyclic amines) is 1. The number of rotatable bonds is 9. The monoisotopic (exact) mass is 851 g/mol. The largest absolute Gasteiger partial charge is 0.380 e. The van der Waals surface area contributed by atoms with Crippen molar-refractivity contribution >= 4 is 45.9 Å². The summed E-state index contributed by atoms with van der Waals surface area (Å²) >= 11 is 0. The molecule has 3 saturated heterocycles. The highest BCUT2D eigenvalue weighted by atomic mass is 19.3. The van der Waals surface area contributed by atoms with Gasteiger partial charge in [0.25, 0.3) is 12.3 Å². The van der Waals surface area contributed by atoms with Gasteiger partial charge in [-0.25, -0.2) is 23.1 Å². The molecule has 5 aromatic rings. The van der Waals surface area contributed by atoms with Crippen LogP contribution in [-0.4, -0.2) is 102 Å². The number of imide groups is 1. The molecule has 9 rings (SSSR count). The first-order chi connectivity index (χ1) is 30.1. The summed E-state index contributed by atoms with van der Waals surface area (Å²) in [5.41, 5.74) is 1.80. The summed E-state index contributed by atoms with van der Waals surface area (Å²) in [6.07, 6.45) is 9.51. The smallest absolute Gasteiger partial charge is 0.329 e. The first-order valence-electron chi connectivity index (χ1n) is 21.7. The van der Waals surface area contributed by atoms with Crippen LogP contribution in [0, 0.1) is 23.7 Å². The maximum Gasteiger partial charge on any atom is 0.329 e. The molecule has 1 unspecified atom stereocenters. The normalized spacial score (nSPS) is 21.9. The van der Waals surface area contributed by atoms with E-state index < -0.39 is 30.0 Å². The highest BCUT2D eigenvalue weighted by molar-refractivity contribution is 6.08. The van der Waals surface area contributed by atoms with Crippen molar-refractivity contribution in [2.45, 2.75) is 82.7 Å². The lowest BCUT2D eigenvalue weighted by Gasteiger charge is -2.36. The Kier molecular flexibility index (Phi) is 11.9. The lowest BCUT2D eigenvalue weighted by atomic mass is 9.85. The van der Waals surface area contributed by atoms with E-state index in [4.69, 9.17) is 9.72 Å². The van der Waals surface area contributed by atoms with Crippen LogP contribution in [-0.2, 0) is 21.4 Å².